The second kappa shape index (κ2) is 3.90. The van der Waals surface area contributed by atoms with Crippen molar-refractivity contribution in [1.29, 1.82) is 0 Å². The summed E-state index contributed by atoms with van der Waals surface area (Å²) in [5.74, 6) is -0.515. The zero-order chi connectivity index (χ0) is 10.8. The van der Waals surface area contributed by atoms with E-state index in [-0.39, 0.29) is 0 Å². The van der Waals surface area contributed by atoms with Gasteiger partial charge in [-0.05, 0) is 12.1 Å². The Morgan fingerprint density at radius 1 is 1.33 bits per heavy atom. The van der Waals surface area contributed by atoms with Crippen LogP contribution in [-0.4, -0.2) is 29.3 Å². The van der Waals surface area contributed by atoms with Crippen molar-refractivity contribution in [2.75, 3.05) is 19.0 Å². The van der Waals surface area contributed by atoms with Crippen molar-refractivity contribution in [2.24, 2.45) is 0 Å². The summed E-state index contributed by atoms with van der Waals surface area (Å²) in [6, 6.07) is 3.32. The van der Waals surface area contributed by atoms with Crippen molar-refractivity contribution in [1.82, 2.24) is 15.2 Å². The highest BCUT2D eigenvalue weighted by atomic mass is 32.1. The molecule has 0 unspecified atom stereocenters. The Labute approximate surface area is 90.4 Å². The quantitative estimate of drug-likeness (QED) is 0.729. The average molecular weight is 224 g/mol. The molecular formula is C9H9FN4S. The minimum atomic E-state index is -0.515. The van der Waals surface area contributed by atoms with Crippen molar-refractivity contribution in [3.63, 3.8) is 0 Å². The van der Waals surface area contributed by atoms with E-state index in [1.807, 2.05) is 19.0 Å². The lowest BCUT2D eigenvalue weighted by molar-refractivity contribution is 0.587. The molecule has 78 valence electrons. The fourth-order valence-corrected chi connectivity index (χ4v) is 1.83. The first-order valence-electron chi connectivity index (χ1n) is 4.30. The smallest absolute Gasteiger partial charge is 0.223 e. The molecule has 0 aliphatic heterocycles. The largest absolute Gasteiger partial charge is 0.353 e. The first-order valence-corrected chi connectivity index (χ1v) is 5.12. The number of hydrogen-bond acceptors (Lipinski definition) is 5. The molecule has 0 N–H and O–H groups in total. The van der Waals surface area contributed by atoms with Gasteiger partial charge in [-0.15, -0.1) is 10.2 Å². The summed E-state index contributed by atoms with van der Waals surface area (Å²) in [5.41, 5.74) is 0.392. The van der Waals surface area contributed by atoms with Crippen LogP contribution in [0.1, 0.15) is 0 Å². The molecule has 2 aromatic heterocycles. The molecule has 0 aliphatic carbocycles. The molecule has 15 heavy (non-hydrogen) atoms. The maximum atomic E-state index is 13.3. The van der Waals surface area contributed by atoms with E-state index in [0.717, 1.165) is 5.13 Å². The zero-order valence-electron chi connectivity index (χ0n) is 8.31. The number of nitrogens with zero attached hydrogens (tertiary/aromatic N) is 4. The lowest BCUT2D eigenvalue weighted by Crippen LogP contribution is -2.07. The number of rotatable bonds is 2. The van der Waals surface area contributed by atoms with E-state index in [2.05, 4.69) is 15.2 Å². The molecule has 0 radical (unpaired) electrons. The van der Waals surface area contributed by atoms with Gasteiger partial charge < -0.3 is 4.90 Å². The maximum Gasteiger partial charge on any atom is 0.223 e. The molecule has 0 fully saturated rings. The fourth-order valence-electron chi connectivity index (χ4n) is 1.05. The van der Waals surface area contributed by atoms with Gasteiger partial charge in [0.05, 0.1) is 5.56 Å². The summed E-state index contributed by atoms with van der Waals surface area (Å²) in [7, 11) is 3.73. The number of pyridine rings is 1. The Bertz CT molecular complexity index is 469. The first kappa shape index (κ1) is 9.97. The molecule has 0 amide bonds. The van der Waals surface area contributed by atoms with Crippen molar-refractivity contribution in [3.05, 3.63) is 24.3 Å². The van der Waals surface area contributed by atoms with E-state index >= 15 is 0 Å². The molecule has 0 atom stereocenters. The van der Waals surface area contributed by atoms with Crippen molar-refractivity contribution in [2.45, 2.75) is 0 Å². The van der Waals surface area contributed by atoms with Crippen molar-refractivity contribution in [3.8, 4) is 10.6 Å². The number of aromatic nitrogens is 3. The average Bonchev–Trinajstić information content (AvgIpc) is 2.67. The predicted octanol–water partition coefficient (Wildman–Crippen LogP) is 1.81. The van der Waals surface area contributed by atoms with E-state index in [4.69, 9.17) is 0 Å². The maximum absolute atomic E-state index is 13.3. The van der Waals surface area contributed by atoms with Crippen LogP contribution >= 0.6 is 11.3 Å². The summed E-state index contributed by atoms with van der Waals surface area (Å²) in [6.45, 7) is 0. The zero-order valence-corrected chi connectivity index (χ0v) is 9.12. The molecule has 6 heteroatoms. The van der Waals surface area contributed by atoms with Gasteiger partial charge in [0.25, 0.3) is 0 Å². The fraction of sp³-hybridized carbons (Fsp3) is 0.222. The topological polar surface area (TPSA) is 41.9 Å². The van der Waals surface area contributed by atoms with Crippen LogP contribution in [0.25, 0.3) is 10.6 Å². The second-order valence-electron chi connectivity index (χ2n) is 3.13. The lowest BCUT2D eigenvalue weighted by atomic mass is 10.3. The number of halogens is 1. The number of hydrogen-bond donors (Lipinski definition) is 0. The van der Waals surface area contributed by atoms with Crippen molar-refractivity contribution < 1.29 is 4.39 Å². The molecular weight excluding hydrogens is 215 g/mol. The highest BCUT2D eigenvalue weighted by Crippen LogP contribution is 2.28. The Morgan fingerprint density at radius 2 is 2.13 bits per heavy atom. The second-order valence-corrected chi connectivity index (χ2v) is 4.08. The molecule has 0 aromatic carbocycles. The van der Waals surface area contributed by atoms with Gasteiger partial charge in [-0.1, -0.05) is 11.3 Å². The Balaban J connectivity index is 2.42. The third kappa shape index (κ3) is 1.94. The van der Waals surface area contributed by atoms with Gasteiger partial charge >= 0.3 is 0 Å². The Kier molecular flexibility index (Phi) is 2.59. The Hall–Kier alpha value is -1.56. The highest BCUT2D eigenvalue weighted by Gasteiger charge is 2.11. The molecule has 2 heterocycles. The summed E-state index contributed by atoms with van der Waals surface area (Å²) in [6.07, 6.45) is 1.41. The molecule has 2 rings (SSSR count). The van der Waals surface area contributed by atoms with Gasteiger partial charge in [-0.25, -0.2) is 4.98 Å². The molecule has 2 aromatic rings. The van der Waals surface area contributed by atoms with Crippen LogP contribution in [0, 0.1) is 5.95 Å². The predicted molar refractivity (Wildman–Crippen MR) is 57.4 cm³/mol. The van der Waals surface area contributed by atoms with Crippen LogP contribution in [0.3, 0.4) is 0 Å². The summed E-state index contributed by atoms with van der Waals surface area (Å²) in [5, 5.41) is 9.14. The van der Waals surface area contributed by atoms with Gasteiger partial charge in [0, 0.05) is 20.3 Å². The molecule has 0 aliphatic rings. The van der Waals surface area contributed by atoms with E-state index in [9.17, 15) is 4.39 Å². The van der Waals surface area contributed by atoms with Crippen LogP contribution < -0.4 is 4.90 Å². The van der Waals surface area contributed by atoms with E-state index in [1.165, 1.54) is 17.5 Å². The highest BCUT2D eigenvalue weighted by molar-refractivity contribution is 7.18. The van der Waals surface area contributed by atoms with Crippen LogP contribution in [0.5, 0.6) is 0 Å². The summed E-state index contributed by atoms with van der Waals surface area (Å²) < 4.78 is 13.3. The lowest BCUT2D eigenvalue weighted by Gasteiger charge is -2.03. The molecule has 0 spiro atoms. The summed E-state index contributed by atoms with van der Waals surface area (Å²) in [4.78, 5) is 5.40. The third-order valence-electron chi connectivity index (χ3n) is 1.79. The monoisotopic (exact) mass is 224 g/mol. The van der Waals surface area contributed by atoms with E-state index in [0.29, 0.717) is 10.6 Å². The standard InChI is InChI=1S/C9H9FN4S/c1-14(2)9-13-12-8(15-9)6-4-3-5-11-7(6)10/h3-5H,1-2H3. The minimum absolute atomic E-state index is 0.392. The normalized spacial score (nSPS) is 10.3. The van der Waals surface area contributed by atoms with Gasteiger partial charge in [0.15, 0.2) is 5.01 Å². The van der Waals surface area contributed by atoms with Gasteiger partial charge in [-0.3, -0.25) is 0 Å². The van der Waals surface area contributed by atoms with Crippen LogP contribution in [0.4, 0.5) is 9.52 Å². The first-order chi connectivity index (χ1) is 7.18. The van der Waals surface area contributed by atoms with Gasteiger partial charge in [0.1, 0.15) is 0 Å². The summed E-state index contributed by atoms with van der Waals surface area (Å²) >= 11 is 1.33. The molecule has 0 saturated heterocycles. The van der Waals surface area contributed by atoms with Gasteiger partial charge in [0.2, 0.25) is 11.1 Å². The van der Waals surface area contributed by atoms with E-state index in [1.54, 1.807) is 12.1 Å². The molecule has 0 saturated carbocycles. The van der Waals surface area contributed by atoms with E-state index < -0.39 is 5.95 Å². The third-order valence-corrected chi connectivity index (χ3v) is 2.91. The van der Waals surface area contributed by atoms with Gasteiger partial charge in [-0.2, -0.15) is 4.39 Å². The SMILES string of the molecule is CN(C)c1nnc(-c2cccnc2F)s1. The Morgan fingerprint density at radius 3 is 2.73 bits per heavy atom. The van der Waals surface area contributed by atoms with Crippen LogP contribution in [-0.2, 0) is 0 Å². The van der Waals surface area contributed by atoms with Crippen molar-refractivity contribution >= 4 is 16.5 Å². The molecule has 4 nitrogen and oxygen atoms in total. The van der Waals surface area contributed by atoms with Crippen LogP contribution in [0.15, 0.2) is 18.3 Å². The van der Waals surface area contributed by atoms with Crippen LogP contribution in [0.2, 0.25) is 0 Å². The minimum Gasteiger partial charge on any atom is -0.353 e. The number of anilines is 1. The molecule has 0 bridgehead atoms.